The van der Waals surface area contributed by atoms with Gasteiger partial charge in [-0.1, -0.05) is 37.2 Å². The molecule has 0 atom stereocenters. The number of benzene rings is 2. The summed E-state index contributed by atoms with van der Waals surface area (Å²) in [5.41, 5.74) is 6.10. The van der Waals surface area contributed by atoms with E-state index in [1.807, 2.05) is 18.3 Å². The number of pyridine rings is 1. The molecule has 2 heterocycles. The molecule has 0 fully saturated rings. The van der Waals surface area contributed by atoms with Gasteiger partial charge in [-0.2, -0.15) is 0 Å². The first kappa shape index (κ1) is 17.7. The van der Waals surface area contributed by atoms with E-state index in [1.165, 1.54) is 22.1 Å². The molecule has 0 saturated carbocycles. The van der Waals surface area contributed by atoms with E-state index in [0.29, 0.717) is 0 Å². The lowest BCUT2D eigenvalue weighted by Crippen LogP contribution is -2.16. The molecule has 0 radical (unpaired) electrons. The van der Waals surface area contributed by atoms with Gasteiger partial charge in [0, 0.05) is 18.1 Å². The number of nitrogens with zero attached hydrogens (tertiary/aromatic N) is 1. The van der Waals surface area contributed by atoms with Crippen molar-refractivity contribution in [3.63, 3.8) is 0 Å². The molecule has 4 heteroatoms. The molecule has 1 aromatic heterocycles. The van der Waals surface area contributed by atoms with Crippen LogP contribution in [0.3, 0.4) is 0 Å². The number of hydrogen-bond acceptors (Lipinski definition) is 3. The summed E-state index contributed by atoms with van der Waals surface area (Å²) in [6.45, 7) is 2.80. The Balaban J connectivity index is 0.00000182. The van der Waals surface area contributed by atoms with Crippen molar-refractivity contribution < 1.29 is 0 Å². The second-order valence-corrected chi connectivity index (χ2v) is 6.60. The maximum absolute atomic E-state index is 6.48. The molecule has 3 aromatic rings. The number of rotatable bonds is 3. The van der Waals surface area contributed by atoms with Crippen LogP contribution in [0.4, 0.5) is 5.69 Å². The first-order valence-corrected chi connectivity index (χ1v) is 8.77. The minimum absolute atomic E-state index is 0. The Morgan fingerprint density at radius 2 is 1.96 bits per heavy atom. The summed E-state index contributed by atoms with van der Waals surface area (Å²) in [6, 6.07) is 14.6. The van der Waals surface area contributed by atoms with Crippen LogP contribution in [0.5, 0.6) is 0 Å². The van der Waals surface area contributed by atoms with Crippen LogP contribution in [0.2, 0.25) is 5.02 Å². The number of fused-ring (bicyclic) bond motifs is 2. The Bertz CT molecular complexity index is 876. The highest BCUT2D eigenvalue weighted by atomic mass is 35.5. The van der Waals surface area contributed by atoms with Crippen molar-refractivity contribution in [3.8, 4) is 0 Å². The van der Waals surface area contributed by atoms with Crippen LogP contribution in [0.25, 0.3) is 10.9 Å². The molecule has 3 nitrogen and oxygen atoms in total. The lowest BCUT2D eigenvalue weighted by molar-refractivity contribution is 0.711. The fraction of sp³-hybridized carbons (Fsp3) is 0.286. The number of aromatic nitrogens is 1. The van der Waals surface area contributed by atoms with Crippen LogP contribution in [0.1, 0.15) is 24.1 Å². The number of nitrogens with one attached hydrogen (secondary N) is 2. The second-order valence-electron chi connectivity index (χ2n) is 6.19. The van der Waals surface area contributed by atoms with E-state index in [2.05, 4.69) is 45.9 Å². The first-order chi connectivity index (χ1) is 11.8. The van der Waals surface area contributed by atoms with Gasteiger partial charge in [0.2, 0.25) is 0 Å². The Labute approximate surface area is 154 Å². The molecular weight excluding hydrogens is 330 g/mol. The third kappa shape index (κ3) is 3.78. The zero-order chi connectivity index (χ0) is 16.4. The summed E-state index contributed by atoms with van der Waals surface area (Å²) >= 11 is 6.48. The van der Waals surface area contributed by atoms with E-state index in [-0.39, 0.29) is 7.43 Å². The summed E-state index contributed by atoms with van der Waals surface area (Å²) in [4.78, 5) is 4.37. The minimum Gasteiger partial charge on any atom is -0.380 e. The average molecular weight is 354 g/mol. The lowest BCUT2D eigenvalue weighted by atomic mass is 10.0. The highest BCUT2D eigenvalue weighted by molar-refractivity contribution is 6.33. The van der Waals surface area contributed by atoms with Crippen molar-refractivity contribution in [2.75, 3.05) is 18.4 Å². The third-order valence-corrected chi connectivity index (χ3v) is 4.93. The lowest BCUT2D eigenvalue weighted by Gasteiger charge is -2.16. The second kappa shape index (κ2) is 7.85. The van der Waals surface area contributed by atoms with Crippen molar-refractivity contribution >= 4 is 28.2 Å². The summed E-state index contributed by atoms with van der Waals surface area (Å²) in [5.74, 6) is 0. The predicted molar refractivity (Wildman–Crippen MR) is 108 cm³/mol. The quantitative estimate of drug-likeness (QED) is 0.708. The van der Waals surface area contributed by atoms with Crippen molar-refractivity contribution in [2.45, 2.75) is 26.8 Å². The minimum atomic E-state index is 0. The molecule has 0 amide bonds. The van der Waals surface area contributed by atoms with Crippen molar-refractivity contribution in [1.29, 1.82) is 0 Å². The molecule has 4 rings (SSSR count). The van der Waals surface area contributed by atoms with Gasteiger partial charge in [-0.25, -0.2) is 0 Å². The molecule has 1 aliphatic heterocycles. The molecule has 0 bridgehead atoms. The Morgan fingerprint density at radius 1 is 1.08 bits per heavy atom. The van der Waals surface area contributed by atoms with E-state index in [1.54, 1.807) is 0 Å². The fourth-order valence-corrected chi connectivity index (χ4v) is 3.60. The molecular formula is C21H24ClN3. The molecule has 1 aliphatic rings. The average Bonchev–Trinajstić information content (AvgIpc) is 2.86. The van der Waals surface area contributed by atoms with Gasteiger partial charge in [0.25, 0.3) is 0 Å². The van der Waals surface area contributed by atoms with E-state index in [9.17, 15) is 0 Å². The first-order valence-electron chi connectivity index (χ1n) is 8.40. The summed E-state index contributed by atoms with van der Waals surface area (Å²) < 4.78 is 0. The maximum Gasteiger partial charge on any atom is 0.0702 e. The summed E-state index contributed by atoms with van der Waals surface area (Å²) in [5, 5.41) is 9.00. The molecule has 0 spiro atoms. The zero-order valence-corrected chi connectivity index (χ0v) is 14.2. The van der Waals surface area contributed by atoms with Crippen LogP contribution < -0.4 is 10.6 Å². The van der Waals surface area contributed by atoms with Crippen LogP contribution in [0, 0.1) is 0 Å². The number of hydrogen-bond donors (Lipinski definition) is 2. The van der Waals surface area contributed by atoms with Crippen molar-refractivity contribution in [1.82, 2.24) is 10.3 Å². The third-order valence-electron chi connectivity index (χ3n) is 4.62. The van der Waals surface area contributed by atoms with E-state index in [4.69, 9.17) is 11.6 Å². The van der Waals surface area contributed by atoms with Crippen LogP contribution >= 0.6 is 11.6 Å². The van der Waals surface area contributed by atoms with E-state index in [0.717, 1.165) is 48.7 Å². The van der Waals surface area contributed by atoms with Gasteiger partial charge in [-0.05, 0) is 66.9 Å². The highest BCUT2D eigenvalue weighted by Crippen LogP contribution is 2.31. The van der Waals surface area contributed by atoms with Crippen LogP contribution in [-0.4, -0.2) is 18.1 Å². The van der Waals surface area contributed by atoms with E-state index >= 15 is 0 Å². The van der Waals surface area contributed by atoms with Gasteiger partial charge in [0.1, 0.15) is 0 Å². The highest BCUT2D eigenvalue weighted by Gasteiger charge is 2.14. The molecule has 0 unspecified atom stereocenters. The van der Waals surface area contributed by atoms with Crippen LogP contribution in [0.15, 0.2) is 48.7 Å². The Hall–Kier alpha value is -2.10. The SMILES string of the molecule is C.Clc1ccc2c(c1NCc1ccc3ncccc3c1)CCNCC2. The van der Waals surface area contributed by atoms with Gasteiger partial charge < -0.3 is 10.6 Å². The van der Waals surface area contributed by atoms with Gasteiger partial charge in [0.15, 0.2) is 0 Å². The molecule has 25 heavy (non-hydrogen) atoms. The largest absolute Gasteiger partial charge is 0.380 e. The molecule has 2 aromatic carbocycles. The maximum atomic E-state index is 6.48. The smallest absolute Gasteiger partial charge is 0.0702 e. The Morgan fingerprint density at radius 3 is 2.88 bits per heavy atom. The molecule has 2 N–H and O–H groups in total. The van der Waals surface area contributed by atoms with Gasteiger partial charge >= 0.3 is 0 Å². The monoisotopic (exact) mass is 353 g/mol. The van der Waals surface area contributed by atoms with Gasteiger partial charge in [-0.15, -0.1) is 0 Å². The van der Waals surface area contributed by atoms with Crippen LogP contribution in [-0.2, 0) is 19.4 Å². The normalized spacial score (nSPS) is 13.6. The molecule has 130 valence electrons. The number of halogens is 1. The predicted octanol–water partition coefficient (Wildman–Crippen LogP) is 4.82. The standard InChI is InChI=1S/C20H20ClN3.CH4/c21-18-5-4-15-7-10-22-11-8-17(15)20(18)24-13-14-3-6-19-16(12-14)2-1-9-23-19;/h1-6,9,12,22,24H,7-8,10-11,13H2;1H4. The van der Waals surface area contributed by atoms with Crippen molar-refractivity contribution in [2.24, 2.45) is 0 Å². The fourth-order valence-electron chi connectivity index (χ4n) is 3.36. The molecule has 0 saturated heterocycles. The van der Waals surface area contributed by atoms with E-state index < -0.39 is 0 Å². The summed E-state index contributed by atoms with van der Waals surface area (Å²) in [6.07, 6.45) is 3.90. The zero-order valence-electron chi connectivity index (χ0n) is 13.5. The van der Waals surface area contributed by atoms with Gasteiger partial charge in [-0.3, -0.25) is 4.98 Å². The Kier molecular flexibility index (Phi) is 5.57. The summed E-state index contributed by atoms with van der Waals surface area (Å²) in [7, 11) is 0. The topological polar surface area (TPSA) is 37.0 Å². The molecule has 0 aliphatic carbocycles. The van der Waals surface area contributed by atoms with Gasteiger partial charge in [0.05, 0.1) is 16.2 Å². The van der Waals surface area contributed by atoms with Crippen molar-refractivity contribution in [3.05, 3.63) is 70.4 Å². The number of anilines is 1.